The highest BCUT2D eigenvalue weighted by Gasteiger charge is 2.44. The minimum Gasteiger partial charge on any atom is -0.450 e. The molecule has 2 aliphatic rings. The number of ketones is 1. The zero-order chi connectivity index (χ0) is 25.7. The third kappa shape index (κ3) is 5.95. The fourth-order valence-electron chi connectivity index (χ4n) is 5.10. The largest absolute Gasteiger partial charge is 0.450 e. The van der Waals surface area contributed by atoms with E-state index in [-0.39, 0.29) is 29.6 Å². The monoisotopic (exact) mass is 511 g/mol. The molecule has 2 saturated heterocycles. The molecule has 8 nitrogen and oxygen atoms in total. The summed E-state index contributed by atoms with van der Waals surface area (Å²) in [7, 11) is 0. The molecule has 2 aliphatic heterocycles. The first kappa shape index (κ1) is 25.9. The normalized spacial score (nSPS) is 17.6. The van der Waals surface area contributed by atoms with Crippen LogP contribution in [0.3, 0.4) is 0 Å². The summed E-state index contributed by atoms with van der Waals surface area (Å²) < 4.78 is 5.04. The average Bonchev–Trinajstić information content (AvgIpc) is 3.53. The zero-order valence-electron chi connectivity index (χ0n) is 20.8. The Balaban J connectivity index is 1.37. The molecule has 1 aromatic heterocycles. The van der Waals surface area contributed by atoms with Crippen LogP contribution in [0, 0.1) is 5.41 Å². The highest BCUT2D eigenvalue weighted by molar-refractivity contribution is 7.15. The van der Waals surface area contributed by atoms with E-state index in [9.17, 15) is 19.2 Å². The van der Waals surface area contributed by atoms with Gasteiger partial charge in [-0.25, -0.2) is 4.79 Å². The number of thiophene rings is 1. The fourth-order valence-corrected chi connectivity index (χ4v) is 5.97. The molecule has 1 N–H and O–H groups in total. The van der Waals surface area contributed by atoms with Gasteiger partial charge in [0.15, 0.2) is 5.78 Å². The summed E-state index contributed by atoms with van der Waals surface area (Å²) in [5, 5.41) is 2.76. The van der Waals surface area contributed by atoms with E-state index in [1.54, 1.807) is 19.1 Å². The van der Waals surface area contributed by atoms with Gasteiger partial charge in [-0.05, 0) is 56.2 Å². The van der Waals surface area contributed by atoms with Crippen molar-refractivity contribution in [3.8, 4) is 0 Å². The lowest BCUT2D eigenvalue weighted by Gasteiger charge is -2.39. The van der Waals surface area contributed by atoms with Gasteiger partial charge in [-0.2, -0.15) is 0 Å². The Bertz CT molecular complexity index is 1110. The Hall–Kier alpha value is -3.20. The van der Waals surface area contributed by atoms with Crippen LogP contribution in [0.15, 0.2) is 42.5 Å². The molecule has 0 radical (unpaired) electrons. The maximum atomic E-state index is 13.5. The van der Waals surface area contributed by atoms with Crippen LogP contribution < -0.4 is 5.32 Å². The summed E-state index contributed by atoms with van der Waals surface area (Å²) in [6.07, 6.45) is 2.33. The predicted molar refractivity (Wildman–Crippen MR) is 137 cm³/mol. The smallest absolute Gasteiger partial charge is 0.407 e. The van der Waals surface area contributed by atoms with Crippen molar-refractivity contribution in [3.63, 3.8) is 0 Å². The van der Waals surface area contributed by atoms with Crippen molar-refractivity contribution in [2.75, 3.05) is 32.8 Å². The SMILES string of the molecule is CCOC(=O)N[C@@H](Cc1ccccc1)C(=O)N1CCC2(CCN(C(=O)c3ccc(C(C)=O)s3)CC2)C1. The number of alkyl carbamates (subject to hydrolysis) is 1. The number of carbonyl (C=O) groups is 4. The number of Topliss-reactive ketones (excluding diaryl/α,β-unsaturated/α-hetero) is 1. The highest BCUT2D eigenvalue weighted by Crippen LogP contribution is 2.41. The Morgan fingerprint density at radius 1 is 0.972 bits per heavy atom. The Morgan fingerprint density at radius 3 is 2.22 bits per heavy atom. The van der Waals surface area contributed by atoms with Crippen molar-refractivity contribution in [1.82, 2.24) is 15.1 Å². The van der Waals surface area contributed by atoms with Crippen molar-refractivity contribution < 1.29 is 23.9 Å². The lowest BCUT2D eigenvalue weighted by Crippen LogP contribution is -2.50. The average molecular weight is 512 g/mol. The van der Waals surface area contributed by atoms with E-state index in [2.05, 4.69) is 5.32 Å². The summed E-state index contributed by atoms with van der Waals surface area (Å²) in [4.78, 5) is 55.1. The summed E-state index contributed by atoms with van der Waals surface area (Å²) >= 11 is 1.24. The number of nitrogens with one attached hydrogen (secondary N) is 1. The van der Waals surface area contributed by atoms with Crippen LogP contribution in [0.2, 0.25) is 0 Å². The number of amides is 3. The van der Waals surface area contributed by atoms with E-state index in [4.69, 9.17) is 4.74 Å². The second kappa shape index (κ2) is 11.2. The van der Waals surface area contributed by atoms with Crippen LogP contribution >= 0.6 is 11.3 Å². The maximum Gasteiger partial charge on any atom is 0.407 e. The van der Waals surface area contributed by atoms with E-state index in [0.717, 1.165) is 24.8 Å². The molecule has 4 rings (SSSR count). The summed E-state index contributed by atoms with van der Waals surface area (Å²) in [6, 6.07) is 12.4. The van der Waals surface area contributed by atoms with Crippen LogP contribution in [-0.4, -0.2) is 72.3 Å². The quantitative estimate of drug-likeness (QED) is 0.571. The second-order valence-electron chi connectivity index (χ2n) is 9.63. The van der Waals surface area contributed by atoms with Crippen LogP contribution in [0.5, 0.6) is 0 Å². The number of hydrogen-bond donors (Lipinski definition) is 1. The fraction of sp³-hybridized carbons (Fsp3) is 0.481. The molecule has 0 aliphatic carbocycles. The van der Waals surface area contributed by atoms with E-state index in [0.29, 0.717) is 42.4 Å². The Labute approximate surface area is 215 Å². The summed E-state index contributed by atoms with van der Waals surface area (Å²) in [6.45, 7) is 5.99. The number of hydrogen-bond acceptors (Lipinski definition) is 6. The molecule has 0 saturated carbocycles. The van der Waals surface area contributed by atoms with Gasteiger partial charge in [0.25, 0.3) is 5.91 Å². The number of benzene rings is 1. The van der Waals surface area contributed by atoms with E-state index in [1.807, 2.05) is 40.1 Å². The molecule has 9 heteroatoms. The summed E-state index contributed by atoms with van der Waals surface area (Å²) in [5.41, 5.74) is 0.947. The lowest BCUT2D eigenvalue weighted by molar-refractivity contribution is -0.132. The Morgan fingerprint density at radius 2 is 1.61 bits per heavy atom. The molecular formula is C27H33N3O5S. The number of piperidine rings is 1. The van der Waals surface area contributed by atoms with Crippen LogP contribution in [0.1, 0.15) is 58.0 Å². The lowest BCUT2D eigenvalue weighted by atomic mass is 9.77. The predicted octanol–water partition coefficient (Wildman–Crippen LogP) is 3.76. The molecule has 3 heterocycles. The van der Waals surface area contributed by atoms with E-state index in [1.165, 1.54) is 18.3 Å². The van der Waals surface area contributed by atoms with Crippen LogP contribution in [0.4, 0.5) is 4.79 Å². The molecule has 2 aromatic rings. The topological polar surface area (TPSA) is 96.0 Å². The first-order chi connectivity index (χ1) is 17.3. The van der Waals surface area contributed by atoms with Crippen LogP contribution in [0.25, 0.3) is 0 Å². The highest BCUT2D eigenvalue weighted by atomic mass is 32.1. The van der Waals surface area contributed by atoms with Gasteiger partial charge in [0.1, 0.15) is 6.04 Å². The molecule has 3 amide bonds. The van der Waals surface area contributed by atoms with Gasteiger partial charge in [-0.15, -0.1) is 11.3 Å². The molecule has 36 heavy (non-hydrogen) atoms. The number of carbonyl (C=O) groups excluding carboxylic acids is 4. The first-order valence-electron chi connectivity index (χ1n) is 12.5. The number of likely N-dealkylation sites (tertiary alicyclic amines) is 2. The maximum absolute atomic E-state index is 13.5. The first-order valence-corrected chi connectivity index (χ1v) is 13.3. The number of ether oxygens (including phenoxy) is 1. The zero-order valence-corrected chi connectivity index (χ0v) is 21.6. The molecule has 0 bridgehead atoms. The van der Waals surface area contributed by atoms with E-state index >= 15 is 0 Å². The standard InChI is InChI=1S/C27H33N3O5S/c1-3-35-26(34)28-21(17-20-7-5-4-6-8-20)24(32)30-16-13-27(18-30)11-14-29(15-12-27)25(33)23-10-9-22(36-23)19(2)31/h4-10,21H,3,11-18H2,1-2H3,(H,28,34)/t21-/m0/s1. The molecule has 1 spiro atoms. The van der Waals surface area contributed by atoms with Crippen LogP contribution in [-0.2, 0) is 16.0 Å². The van der Waals surface area contributed by atoms with Crippen molar-refractivity contribution >= 4 is 35.0 Å². The second-order valence-corrected chi connectivity index (χ2v) is 10.7. The van der Waals surface area contributed by atoms with E-state index < -0.39 is 12.1 Å². The molecule has 0 unspecified atom stereocenters. The minimum absolute atomic E-state index is 0.0202. The molecule has 1 atom stereocenters. The van der Waals surface area contributed by atoms with Gasteiger partial charge >= 0.3 is 6.09 Å². The molecule has 192 valence electrons. The van der Waals surface area contributed by atoms with Gasteiger partial charge in [-0.3, -0.25) is 14.4 Å². The third-order valence-electron chi connectivity index (χ3n) is 7.17. The van der Waals surface area contributed by atoms with Gasteiger partial charge in [0.05, 0.1) is 16.4 Å². The third-order valence-corrected chi connectivity index (χ3v) is 8.35. The van der Waals surface area contributed by atoms with Crippen molar-refractivity contribution in [3.05, 3.63) is 57.8 Å². The van der Waals surface area contributed by atoms with Crippen molar-refractivity contribution in [2.24, 2.45) is 5.41 Å². The van der Waals surface area contributed by atoms with Gasteiger partial charge in [0.2, 0.25) is 5.91 Å². The molecular weight excluding hydrogens is 478 g/mol. The van der Waals surface area contributed by atoms with Gasteiger partial charge in [-0.1, -0.05) is 30.3 Å². The van der Waals surface area contributed by atoms with Crippen molar-refractivity contribution in [2.45, 2.75) is 45.6 Å². The molecule has 2 fully saturated rings. The molecule has 1 aromatic carbocycles. The van der Waals surface area contributed by atoms with Crippen molar-refractivity contribution in [1.29, 1.82) is 0 Å². The number of nitrogens with zero attached hydrogens (tertiary/aromatic N) is 2. The minimum atomic E-state index is -0.697. The van der Waals surface area contributed by atoms with Gasteiger partial charge < -0.3 is 19.9 Å². The summed E-state index contributed by atoms with van der Waals surface area (Å²) in [5.74, 6) is -0.164. The Kier molecular flexibility index (Phi) is 8.08. The van der Waals surface area contributed by atoms with Gasteiger partial charge in [0, 0.05) is 32.6 Å². The number of rotatable bonds is 7.